The Hall–Kier alpha value is -2.18. The second-order valence-electron chi connectivity index (χ2n) is 7.01. The van der Waals surface area contributed by atoms with Gasteiger partial charge in [-0.2, -0.15) is 5.10 Å². The quantitative estimate of drug-likeness (QED) is 0.775. The molecule has 2 aliphatic heterocycles. The first-order valence-corrected chi connectivity index (χ1v) is 9.40. The number of amides is 1. The van der Waals surface area contributed by atoms with Crippen LogP contribution in [0, 0.1) is 6.92 Å². The number of fused-ring (bicyclic) bond motifs is 1. The van der Waals surface area contributed by atoms with Crippen LogP contribution in [0.25, 0.3) is 0 Å². The molecule has 6 nitrogen and oxygen atoms in total. The molecule has 27 heavy (non-hydrogen) atoms. The number of allylic oxidation sites excluding steroid dienone is 1. The number of hydrazone groups is 1. The molecule has 0 bridgehead atoms. The molecule has 0 N–H and O–H groups in total. The Morgan fingerprint density at radius 2 is 2.15 bits per heavy atom. The second-order valence-corrected chi connectivity index (χ2v) is 7.42. The van der Waals surface area contributed by atoms with Crippen molar-refractivity contribution in [3.05, 3.63) is 40.6 Å². The minimum absolute atomic E-state index is 0.110. The van der Waals surface area contributed by atoms with E-state index in [1.165, 1.54) is 6.92 Å². The van der Waals surface area contributed by atoms with E-state index < -0.39 is 5.54 Å². The molecule has 2 aliphatic rings. The highest BCUT2D eigenvalue weighted by atomic mass is 35.5. The number of hydrogen-bond acceptors (Lipinski definition) is 5. The van der Waals surface area contributed by atoms with Gasteiger partial charge < -0.3 is 4.74 Å². The number of rotatable bonds is 5. The zero-order valence-electron chi connectivity index (χ0n) is 16.1. The van der Waals surface area contributed by atoms with Crippen LogP contribution in [0.4, 0.5) is 5.69 Å². The number of ketones is 1. The largest absolute Gasteiger partial charge is 0.376 e. The van der Waals surface area contributed by atoms with Crippen LogP contribution in [-0.2, 0) is 14.3 Å². The summed E-state index contributed by atoms with van der Waals surface area (Å²) in [6.45, 7) is 8.35. The number of nitrogens with zero attached hydrogens (tertiary/aromatic N) is 3. The SMILES string of the molecule is CCOCC1=NN2CC(C)(C(C)=O)N(c3cccc(Cl)c3C)C(=O)C2=CC1. The van der Waals surface area contributed by atoms with Crippen molar-refractivity contribution in [2.75, 3.05) is 24.7 Å². The van der Waals surface area contributed by atoms with Crippen LogP contribution in [0.5, 0.6) is 0 Å². The monoisotopic (exact) mass is 389 g/mol. The van der Waals surface area contributed by atoms with Crippen LogP contribution in [0.1, 0.15) is 32.8 Å². The zero-order chi connectivity index (χ0) is 19.8. The van der Waals surface area contributed by atoms with Crippen molar-refractivity contribution in [2.24, 2.45) is 5.10 Å². The normalized spacial score (nSPS) is 22.3. The van der Waals surface area contributed by atoms with Crippen LogP contribution in [0.2, 0.25) is 5.02 Å². The van der Waals surface area contributed by atoms with Gasteiger partial charge in [0.15, 0.2) is 5.78 Å². The molecule has 0 saturated carbocycles. The number of carbonyl (C=O) groups excluding carboxylic acids is 2. The average Bonchev–Trinajstić information content (AvgIpc) is 2.63. The molecule has 0 radical (unpaired) electrons. The molecule has 0 spiro atoms. The molecule has 3 rings (SSSR count). The lowest BCUT2D eigenvalue weighted by atomic mass is 9.89. The lowest BCUT2D eigenvalue weighted by Crippen LogP contribution is -2.65. The van der Waals surface area contributed by atoms with Crippen molar-refractivity contribution in [2.45, 2.75) is 39.7 Å². The lowest BCUT2D eigenvalue weighted by Gasteiger charge is -2.48. The van der Waals surface area contributed by atoms with Crippen molar-refractivity contribution >= 4 is 34.7 Å². The van der Waals surface area contributed by atoms with E-state index in [4.69, 9.17) is 16.3 Å². The molecule has 0 aromatic heterocycles. The van der Waals surface area contributed by atoms with Gasteiger partial charge in [-0.25, -0.2) is 0 Å². The number of halogens is 1. The smallest absolute Gasteiger partial charge is 0.277 e. The predicted molar refractivity (Wildman–Crippen MR) is 106 cm³/mol. The summed E-state index contributed by atoms with van der Waals surface area (Å²) >= 11 is 6.27. The second kappa shape index (κ2) is 7.44. The van der Waals surface area contributed by atoms with E-state index in [1.807, 2.05) is 26.0 Å². The first-order valence-electron chi connectivity index (χ1n) is 9.02. The molecular formula is C20H24ClN3O3. The molecule has 1 amide bonds. The average molecular weight is 390 g/mol. The zero-order valence-corrected chi connectivity index (χ0v) is 16.8. The van der Waals surface area contributed by atoms with Crippen LogP contribution < -0.4 is 4.90 Å². The van der Waals surface area contributed by atoms with Crippen LogP contribution >= 0.6 is 11.6 Å². The Morgan fingerprint density at radius 3 is 2.81 bits per heavy atom. The number of anilines is 1. The van der Waals surface area contributed by atoms with Gasteiger partial charge in [-0.3, -0.25) is 19.5 Å². The summed E-state index contributed by atoms with van der Waals surface area (Å²) in [5, 5.41) is 6.76. The van der Waals surface area contributed by atoms with Gasteiger partial charge in [0.25, 0.3) is 5.91 Å². The Kier molecular flexibility index (Phi) is 5.40. The third-order valence-corrected chi connectivity index (χ3v) is 5.57. The van der Waals surface area contributed by atoms with Crippen LogP contribution in [-0.4, -0.2) is 47.7 Å². The predicted octanol–water partition coefficient (Wildman–Crippen LogP) is 3.32. The van der Waals surface area contributed by atoms with Gasteiger partial charge in [-0.05, 0) is 51.5 Å². The summed E-state index contributed by atoms with van der Waals surface area (Å²) in [6.07, 6.45) is 2.41. The molecule has 1 aromatic rings. The summed E-state index contributed by atoms with van der Waals surface area (Å²) in [7, 11) is 0. The van der Waals surface area contributed by atoms with Gasteiger partial charge >= 0.3 is 0 Å². The minimum Gasteiger partial charge on any atom is -0.376 e. The maximum Gasteiger partial charge on any atom is 0.277 e. The number of piperazine rings is 1. The summed E-state index contributed by atoms with van der Waals surface area (Å²) in [5.41, 5.74) is 1.68. The van der Waals surface area contributed by atoms with Crippen molar-refractivity contribution in [3.8, 4) is 0 Å². The van der Waals surface area contributed by atoms with Gasteiger partial charge in [-0.1, -0.05) is 17.7 Å². The third kappa shape index (κ3) is 3.39. The Morgan fingerprint density at radius 1 is 1.41 bits per heavy atom. The Bertz CT molecular complexity index is 849. The molecular weight excluding hydrogens is 366 g/mol. The van der Waals surface area contributed by atoms with E-state index in [9.17, 15) is 9.59 Å². The lowest BCUT2D eigenvalue weighted by molar-refractivity contribution is -0.129. The van der Waals surface area contributed by atoms with E-state index >= 15 is 0 Å². The topological polar surface area (TPSA) is 62.2 Å². The fraction of sp³-hybridized carbons (Fsp3) is 0.450. The molecule has 7 heteroatoms. The minimum atomic E-state index is -1.05. The van der Waals surface area contributed by atoms with E-state index in [0.717, 1.165) is 11.3 Å². The maximum atomic E-state index is 13.4. The van der Waals surface area contributed by atoms with Crippen LogP contribution in [0.15, 0.2) is 35.1 Å². The van der Waals surface area contributed by atoms with Gasteiger partial charge in [0.2, 0.25) is 0 Å². The highest BCUT2D eigenvalue weighted by Gasteiger charge is 2.49. The third-order valence-electron chi connectivity index (χ3n) is 5.16. The number of hydrogen-bond donors (Lipinski definition) is 0. The van der Waals surface area contributed by atoms with Gasteiger partial charge in [0, 0.05) is 23.7 Å². The summed E-state index contributed by atoms with van der Waals surface area (Å²) in [5.74, 6) is -0.357. The van der Waals surface area contributed by atoms with E-state index in [-0.39, 0.29) is 18.2 Å². The Balaban J connectivity index is 2.04. The van der Waals surface area contributed by atoms with Gasteiger partial charge in [-0.15, -0.1) is 0 Å². The van der Waals surface area contributed by atoms with Crippen molar-refractivity contribution in [3.63, 3.8) is 0 Å². The fourth-order valence-electron chi connectivity index (χ4n) is 3.39. The number of benzene rings is 1. The maximum absolute atomic E-state index is 13.4. The first-order chi connectivity index (χ1) is 12.8. The molecule has 1 aromatic carbocycles. The molecule has 1 saturated heterocycles. The number of carbonyl (C=O) groups is 2. The molecule has 2 heterocycles. The summed E-state index contributed by atoms with van der Waals surface area (Å²) in [4.78, 5) is 27.6. The van der Waals surface area contributed by atoms with E-state index in [2.05, 4.69) is 5.10 Å². The van der Waals surface area contributed by atoms with Crippen molar-refractivity contribution in [1.82, 2.24) is 5.01 Å². The number of Topliss-reactive ketones (excluding diaryl/α,β-unsaturated/α-hetero) is 1. The molecule has 1 unspecified atom stereocenters. The fourth-order valence-corrected chi connectivity index (χ4v) is 3.56. The van der Waals surface area contributed by atoms with E-state index in [1.54, 1.807) is 29.0 Å². The summed E-state index contributed by atoms with van der Waals surface area (Å²) in [6, 6.07) is 5.39. The highest BCUT2D eigenvalue weighted by molar-refractivity contribution is 6.32. The molecule has 0 aliphatic carbocycles. The van der Waals surface area contributed by atoms with Crippen molar-refractivity contribution in [1.29, 1.82) is 0 Å². The highest BCUT2D eigenvalue weighted by Crippen LogP contribution is 2.38. The van der Waals surface area contributed by atoms with Crippen molar-refractivity contribution < 1.29 is 14.3 Å². The van der Waals surface area contributed by atoms with Gasteiger partial charge in [0.05, 0.1) is 18.9 Å². The van der Waals surface area contributed by atoms with Crippen LogP contribution in [0.3, 0.4) is 0 Å². The molecule has 1 fully saturated rings. The van der Waals surface area contributed by atoms with Gasteiger partial charge in [0.1, 0.15) is 11.2 Å². The molecule has 144 valence electrons. The summed E-state index contributed by atoms with van der Waals surface area (Å²) < 4.78 is 5.43. The Labute approximate surface area is 164 Å². The first kappa shape index (κ1) is 19.6. The standard InChI is InChI=1S/C20H24ClN3O3/c1-5-27-11-15-9-10-18-19(26)24(17-8-6-7-16(21)13(17)2)20(4,14(3)25)12-23(18)22-15/h6-8,10H,5,9,11-12H2,1-4H3. The number of ether oxygens (including phenoxy) is 1. The molecule has 1 atom stereocenters. The van der Waals surface area contributed by atoms with E-state index in [0.29, 0.717) is 36.0 Å².